The van der Waals surface area contributed by atoms with Gasteiger partial charge in [-0.25, -0.2) is 13.2 Å². The third-order valence-electron chi connectivity index (χ3n) is 8.68. The van der Waals surface area contributed by atoms with Crippen LogP contribution in [-0.4, -0.2) is 73.7 Å². The number of halogens is 1. The van der Waals surface area contributed by atoms with E-state index in [0.717, 1.165) is 28.7 Å². The molecule has 9 nitrogen and oxygen atoms in total. The number of carboxylic acid groups (broad SMARTS) is 1. The van der Waals surface area contributed by atoms with Gasteiger partial charge >= 0.3 is 6.09 Å². The summed E-state index contributed by atoms with van der Waals surface area (Å²) in [5, 5.41) is 27.9. The standard InChI is InChI=1S/C35H44ClN3O6S/c1-3-25-8-4-9-28(22-25)32-30(11-5-12-31(32)36)35(43,17-7-18-38-34(41)42)29-10-6-20-39(24-29)33(40)27-15-13-26(14-16-27)23-37-19-21-46(2,44)45/h4-5,8-9,11-16,22,29,37-38,43H,3,6-7,10,17-21,23-24H2,1-2H3,(H,41,42)/t29-,35?/m1/s1. The Morgan fingerprint density at radius 3 is 2.48 bits per heavy atom. The second-order valence-electron chi connectivity index (χ2n) is 12.1. The van der Waals surface area contributed by atoms with Gasteiger partial charge in [-0.2, -0.15) is 0 Å². The number of amides is 2. The lowest BCUT2D eigenvalue weighted by Crippen LogP contribution is -2.48. The van der Waals surface area contributed by atoms with Crippen LogP contribution in [0.4, 0.5) is 4.79 Å². The Balaban J connectivity index is 1.59. The third-order valence-corrected chi connectivity index (χ3v) is 9.94. The van der Waals surface area contributed by atoms with Crippen molar-refractivity contribution in [2.24, 2.45) is 5.92 Å². The van der Waals surface area contributed by atoms with Crippen LogP contribution in [0.3, 0.4) is 0 Å². The fraction of sp³-hybridized carbons (Fsp3) is 0.429. The largest absolute Gasteiger partial charge is 0.465 e. The van der Waals surface area contributed by atoms with E-state index in [1.54, 1.807) is 17.0 Å². The maximum Gasteiger partial charge on any atom is 0.404 e. The van der Waals surface area contributed by atoms with Crippen LogP contribution in [0, 0.1) is 5.92 Å². The Morgan fingerprint density at radius 1 is 1.04 bits per heavy atom. The second-order valence-corrected chi connectivity index (χ2v) is 14.7. The highest BCUT2D eigenvalue weighted by Gasteiger charge is 2.43. The number of hydrogen-bond donors (Lipinski definition) is 4. The summed E-state index contributed by atoms with van der Waals surface area (Å²) in [5.74, 6) is -0.387. The van der Waals surface area contributed by atoms with Gasteiger partial charge in [-0.05, 0) is 72.6 Å². The summed E-state index contributed by atoms with van der Waals surface area (Å²) >= 11 is 6.84. The van der Waals surface area contributed by atoms with Crippen molar-refractivity contribution in [3.63, 3.8) is 0 Å². The van der Waals surface area contributed by atoms with Gasteiger partial charge in [0.25, 0.3) is 5.91 Å². The normalized spacial score (nSPS) is 16.5. The van der Waals surface area contributed by atoms with E-state index in [1.807, 2.05) is 42.5 Å². The van der Waals surface area contributed by atoms with Crippen LogP contribution in [0.5, 0.6) is 0 Å². The van der Waals surface area contributed by atoms with Gasteiger partial charge in [0.15, 0.2) is 0 Å². The Kier molecular flexibility index (Phi) is 12.2. The predicted octanol–water partition coefficient (Wildman–Crippen LogP) is 5.49. The molecule has 0 spiro atoms. The smallest absolute Gasteiger partial charge is 0.404 e. The molecule has 4 N–H and O–H groups in total. The molecule has 11 heteroatoms. The number of sulfone groups is 1. The predicted molar refractivity (Wildman–Crippen MR) is 182 cm³/mol. The van der Waals surface area contributed by atoms with Crippen molar-refractivity contribution in [2.75, 3.05) is 38.2 Å². The quantitative estimate of drug-likeness (QED) is 0.167. The number of aryl methyl sites for hydroxylation is 1. The highest BCUT2D eigenvalue weighted by Crippen LogP contribution is 2.45. The Morgan fingerprint density at radius 2 is 1.78 bits per heavy atom. The molecular formula is C35H44ClN3O6S. The van der Waals surface area contributed by atoms with Crippen LogP contribution in [0.2, 0.25) is 5.02 Å². The van der Waals surface area contributed by atoms with Crippen molar-refractivity contribution in [3.05, 3.63) is 94.0 Å². The Bertz CT molecular complexity index is 1610. The average molecular weight is 670 g/mol. The van der Waals surface area contributed by atoms with Crippen LogP contribution < -0.4 is 10.6 Å². The molecule has 3 aromatic carbocycles. The van der Waals surface area contributed by atoms with Gasteiger partial charge in [-0.15, -0.1) is 0 Å². The Hall–Kier alpha value is -3.44. The van der Waals surface area contributed by atoms with Crippen molar-refractivity contribution in [1.82, 2.24) is 15.5 Å². The molecule has 0 radical (unpaired) electrons. The summed E-state index contributed by atoms with van der Waals surface area (Å²) in [4.78, 5) is 26.6. The maximum absolute atomic E-state index is 13.7. The molecule has 2 atom stereocenters. The van der Waals surface area contributed by atoms with E-state index in [-0.39, 0.29) is 30.5 Å². The van der Waals surface area contributed by atoms with Crippen LogP contribution in [0.25, 0.3) is 11.1 Å². The van der Waals surface area contributed by atoms with Crippen LogP contribution in [0.15, 0.2) is 66.7 Å². The number of benzene rings is 3. The summed E-state index contributed by atoms with van der Waals surface area (Å²) in [6.07, 6.45) is 3.00. The van der Waals surface area contributed by atoms with E-state index in [9.17, 15) is 23.1 Å². The van der Waals surface area contributed by atoms with Crippen LogP contribution in [-0.2, 0) is 28.4 Å². The molecule has 3 aromatic rings. The van der Waals surface area contributed by atoms with Crippen molar-refractivity contribution in [1.29, 1.82) is 0 Å². The monoisotopic (exact) mass is 669 g/mol. The number of hydrogen-bond acceptors (Lipinski definition) is 6. The number of nitrogens with zero attached hydrogens (tertiary/aromatic N) is 1. The minimum absolute atomic E-state index is 0.0594. The van der Waals surface area contributed by atoms with E-state index in [2.05, 4.69) is 29.7 Å². The molecule has 1 heterocycles. The number of rotatable bonds is 14. The highest BCUT2D eigenvalue weighted by atomic mass is 35.5. The first kappa shape index (κ1) is 35.4. The Labute approximate surface area is 276 Å². The van der Waals surface area contributed by atoms with E-state index < -0.39 is 21.5 Å². The van der Waals surface area contributed by atoms with E-state index in [4.69, 9.17) is 16.7 Å². The molecule has 2 amide bonds. The molecule has 0 aliphatic carbocycles. The fourth-order valence-electron chi connectivity index (χ4n) is 6.23. The topological polar surface area (TPSA) is 136 Å². The molecule has 1 aliphatic heterocycles. The summed E-state index contributed by atoms with van der Waals surface area (Å²) in [6.45, 7) is 3.99. The summed E-state index contributed by atoms with van der Waals surface area (Å²) in [7, 11) is -3.04. The molecule has 1 saturated heterocycles. The highest BCUT2D eigenvalue weighted by molar-refractivity contribution is 7.90. The molecule has 248 valence electrons. The van der Waals surface area contributed by atoms with Crippen molar-refractivity contribution in [2.45, 2.75) is 51.2 Å². The van der Waals surface area contributed by atoms with Gasteiger partial charge in [0, 0.05) is 61.0 Å². The van der Waals surface area contributed by atoms with E-state index >= 15 is 0 Å². The van der Waals surface area contributed by atoms with Gasteiger partial charge in [-0.1, -0.05) is 67.1 Å². The third kappa shape index (κ3) is 9.31. The maximum atomic E-state index is 13.7. The lowest BCUT2D eigenvalue weighted by atomic mass is 9.72. The zero-order valence-corrected chi connectivity index (χ0v) is 28.0. The first-order valence-corrected chi connectivity index (χ1v) is 18.2. The zero-order valence-electron chi connectivity index (χ0n) is 26.5. The lowest BCUT2D eigenvalue weighted by molar-refractivity contribution is -0.0563. The van der Waals surface area contributed by atoms with E-state index in [0.29, 0.717) is 61.6 Å². The van der Waals surface area contributed by atoms with Gasteiger partial charge in [-0.3, -0.25) is 4.79 Å². The van der Waals surface area contributed by atoms with Gasteiger partial charge < -0.3 is 25.7 Å². The fourth-order valence-corrected chi connectivity index (χ4v) is 7.03. The number of aliphatic hydroxyl groups is 1. The summed E-state index contributed by atoms with van der Waals surface area (Å²) in [5.41, 5.74) is 3.55. The average Bonchev–Trinajstić information content (AvgIpc) is 3.04. The van der Waals surface area contributed by atoms with Gasteiger partial charge in [0.2, 0.25) is 0 Å². The number of carbonyl (C=O) groups is 2. The van der Waals surface area contributed by atoms with Crippen LogP contribution >= 0.6 is 11.6 Å². The van der Waals surface area contributed by atoms with Crippen molar-refractivity contribution >= 4 is 33.4 Å². The molecule has 0 saturated carbocycles. The molecular weight excluding hydrogens is 626 g/mol. The summed E-state index contributed by atoms with van der Waals surface area (Å²) < 4.78 is 22.7. The molecule has 0 bridgehead atoms. The van der Waals surface area contributed by atoms with Gasteiger partial charge in [0.05, 0.1) is 11.4 Å². The number of piperidine rings is 1. The first-order valence-electron chi connectivity index (χ1n) is 15.8. The number of likely N-dealkylation sites (tertiary alicyclic amines) is 1. The van der Waals surface area contributed by atoms with E-state index in [1.165, 1.54) is 6.26 Å². The molecule has 46 heavy (non-hydrogen) atoms. The number of nitrogens with one attached hydrogen (secondary N) is 2. The second kappa shape index (κ2) is 15.9. The van der Waals surface area contributed by atoms with Crippen molar-refractivity contribution in [3.8, 4) is 11.1 Å². The summed E-state index contributed by atoms with van der Waals surface area (Å²) in [6, 6.07) is 20.9. The molecule has 1 aliphatic rings. The lowest BCUT2D eigenvalue weighted by Gasteiger charge is -2.44. The molecule has 4 rings (SSSR count). The zero-order chi connectivity index (χ0) is 33.3. The molecule has 1 unspecified atom stereocenters. The molecule has 0 aromatic heterocycles. The van der Waals surface area contributed by atoms with Crippen LogP contribution in [0.1, 0.15) is 59.7 Å². The van der Waals surface area contributed by atoms with Gasteiger partial charge in [0.1, 0.15) is 9.84 Å². The SMILES string of the molecule is CCc1cccc(-c2c(Cl)cccc2C(O)(CCCNC(=O)O)[C@@H]2CCCN(C(=O)c3ccc(CNCCS(C)(=O)=O)cc3)C2)c1. The minimum Gasteiger partial charge on any atom is -0.465 e. The molecule has 1 fully saturated rings. The number of carbonyl (C=O) groups excluding carboxylic acids is 1. The minimum atomic E-state index is -3.04. The first-order chi connectivity index (χ1) is 21.9. The van der Waals surface area contributed by atoms with Crippen molar-refractivity contribution < 1.29 is 28.2 Å².